The van der Waals surface area contributed by atoms with E-state index < -0.39 is 21.8 Å². The number of benzene rings is 1. The minimum atomic E-state index is -3.80. The fourth-order valence-corrected chi connectivity index (χ4v) is 4.88. The molecule has 2 fully saturated rings. The first-order chi connectivity index (χ1) is 12.0. The molecule has 0 radical (unpaired) electrons. The first-order valence-corrected chi connectivity index (χ1v) is 10.4. The summed E-state index contributed by atoms with van der Waals surface area (Å²) >= 11 is 0. The van der Waals surface area contributed by atoms with Gasteiger partial charge in [0.1, 0.15) is 5.60 Å². The molecule has 0 spiro atoms. The molecule has 1 saturated carbocycles. The van der Waals surface area contributed by atoms with Crippen LogP contribution in [0.1, 0.15) is 39.2 Å². The van der Waals surface area contributed by atoms with Gasteiger partial charge in [0.15, 0.2) is 0 Å². The van der Waals surface area contributed by atoms with E-state index in [1.54, 1.807) is 29.2 Å². The van der Waals surface area contributed by atoms with Gasteiger partial charge in [-0.05, 0) is 58.6 Å². The number of carbonyl (C=O) groups excluding carboxylic acids is 1. The average Bonchev–Trinajstić information content (AvgIpc) is 3.08. The van der Waals surface area contributed by atoms with Crippen LogP contribution in [0.3, 0.4) is 0 Å². The van der Waals surface area contributed by atoms with Gasteiger partial charge in [-0.2, -0.15) is 8.42 Å². The highest BCUT2D eigenvalue weighted by Crippen LogP contribution is 2.41. The molecule has 1 aliphatic heterocycles. The van der Waals surface area contributed by atoms with Crippen molar-refractivity contribution in [3.8, 4) is 0 Å². The molecular weight excluding hydrogens is 354 g/mol. The van der Waals surface area contributed by atoms with Crippen molar-refractivity contribution in [3.63, 3.8) is 0 Å². The summed E-state index contributed by atoms with van der Waals surface area (Å²) < 4.78 is 36.1. The van der Waals surface area contributed by atoms with Crippen molar-refractivity contribution in [3.05, 3.63) is 29.8 Å². The third-order valence-corrected chi connectivity index (χ3v) is 6.35. The lowest BCUT2D eigenvalue weighted by molar-refractivity contribution is 0.0269. The first-order valence-electron chi connectivity index (χ1n) is 9.03. The van der Waals surface area contributed by atoms with Crippen molar-refractivity contribution < 1.29 is 22.1 Å². The SMILES string of the molecule is Cc1ccc(S(=O)(=O)O[C@H]2CC[C@H]3CN(C(=O)OC(C)(C)C)C[C@H]32)cc1. The van der Waals surface area contributed by atoms with Crippen molar-refractivity contribution in [2.45, 2.75) is 57.1 Å². The number of fused-ring (bicyclic) bond motifs is 1. The Bertz CT molecular complexity index is 766. The number of nitrogens with zero attached hydrogens (tertiary/aromatic N) is 1. The van der Waals surface area contributed by atoms with Crippen LogP contribution in [-0.2, 0) is 19.0 Å². The highest BCUT2D eigenvalue weighted by Gasteiger charge is 2.47. The van der Waals surface area contributed by atoms with E-state index in [1.807, 2.05) is 27.7 Å². The number of ether oxygens (including phenoxy) is 1. The number of rotatable bonds is 3. The van der Waals surface area contributed by atoms with E-state index in [0.717, 1.165) is 12.0 Å². The van der Waals surface area contributed by atoms with E-state index in [4.69, 9.17) is 8.92 Å². The van der Waals surface area contributed by atoms with Crippen LogP contribution in [0.25, 0.3) is 0 Å². The number of carbonyl (C=O) groups is 1. The molecule has 0 unspecified atom stereocenters. The minimum absolute atomic E-state index is 0.0303. The lowest BCUT2D eigenvalue weighted by atomic mass is 10.00. The van der Waals surface area contributed by atoms with Gasteiger partial charge in [-0.15, -0.1) is 0 Å². The van der Waals surface area contributed by atoms with Gasteiger partial charge in [-0.1, -0.05) is 17.7 Å². The Labute approximate surface area is 155 Å². The van der Waals surface area contributed by atoms with Gasteiger partial charge in [0.25, 0.3) is 10.1 Å². The Morgan fingerprint density at radius 3 is 2.38 bits per heavy atom. The Hall–Kier alpha value is -1.60. The molecule has 3 atom stereocenters. The maximum Gasteiger partial charge on any atom is 0.410 e. The van der Waals surface area contributed by atoms with Crippen LogP contribution in [0.5, 0.6) is 0 Å². The van der Waals surface area contributed by atoms with E-state index >= 15 is 0 Å². The van der Waals surface area contributed by atoms with Gasteiger partial charge < -0.3 is 9.64 Å². The molecule has 1 amide bonds. The number of hydrogen-bond acceptors (Lipinski definition) is 5. The molecule has 0 bridgehead atoms. The number of hydrogen-bond donors (Lipinski definition) is 0. The Morgan fingerprint density at radius 2 is 1.77 bits per heavy atom. The van der Waals surface area contributed by atoms with Crippen LogP contribution < -0.4 is 0 Å². The highest BCUT2D eigenvalue weighted by molar-refractivity contribution is 7.86. The minimum Gasteiger partial charge on any atom is -0.444 e. The molecule has 26 heavy (non-hydrogen) atoms. The van der Waals surface area contributed by atoms with Crippen molar-refractivity contribution >= 4 is 16.2 Å². The molecule has 1 aliphatic carbocycles. The molecule has 0 N–H and O–H groups in total. The molecule has 2 aliphatic rings. The lowest BCUT2D eigenvalue weighted by Gasteiger charge is -2.25. The zero-order valence-electron chi connectivity index (χ0n) is 15.8. The molecule has 1 heterocycles. The van der Waals surface area contributed by atoms with E-state index in [0.29, 0.717) is 19.5 Å². The van der Waals surface area contributed by atoms with Crippen LogP contribution in [0.2, 0.25) is 0 Å². The van der Waals surface area contributed by atoms with Crippen LogP contribution in [-0.4, -0.2) is 44.2 Å². The maximum atomic E-state index is 12.6. The monoisotopic (exact) mass is 381 g/mol. The number of amides is 1. The van der Waals surface area contributed by atoms with E-state index in [1.165, 1.54) is 0 Å². The van der Waals surface area contributed by atoms with Crippen LogP contribution in [0.4, 0.5) is 4.79 Å². The molecule has 3 rings (SSSR count). The van der Waals surface area contributed by atoms with Gasteiger partial charge in [0, 0.05) is 19.0 Å². The van der Waals surface area contributed by atoms with Gasteiger partial charge in [0.2, 0.25) is 0 Å². The molecular formula is C19H27NO5S. The molecule has 1 saturated heterocycles. The summed E-state index contributed by atoms with van der Waals surface area (Å²) in [7, 11) is -3.80. The zero-order valence-corrected chi connectivity index (χ0v) is 16.6. The summed E-state index contributed by atoms with van der Waals surface area (Å²) in [6, 6.07) is 6.65. The standard InChI is InChI=1S/C19H27NO5S/c1-13-5-8-15(9-6-13)26(22,23)25-17-10-7-14-11-20(12-16(14)17)18(21)24-19(2,3)4/h5-6,8-9,14,16-17H,7,10-12H2,1-4H3/t14-,16+,17-/m0/s1. The average molecular weight is 381 g/mol. The normalized spacial score (nSPS) is 26.0. The highest BCUT2D eigenvalue weighted by atomic mass is 32.2. The van der Waals surface area contributed by atoms with E-state index in [9.17, 15) is 13.2 Å². The predicted molar refractivity (Wildman–Crippen MR) is 97.3 cm³/mol. The molecule has 0 aromatic heterocycles. The molecule has 7 heteroatoms. The summed E-state index contributed by atoms with van der Waals surface area (Å²) in [4.78, 5) is 14.1. The van der Waals surface area contributed by atoms with E-state index in [2.05, 4.69) is 0 Å². The number of likely N-dealkylation sites (tertiary alicyclic amines) is 1. The quantitative estimate of drug-likeness (QED) is 0.751. The molecule has 1 aromatic rings. The zero-order chi connectivity index (χ0) is 19.1. The van der Waals surface area contributed by atoms with Gasteiger partial charge in [0.05, 0.1) is 11.0 Å². The summed E-state index contributed by atoms with van der Waals surface area (Å²) in [6.07, 6.45) is 0.825. The topological polar surface area (TPSA) is 72.9 Å². The van der Waals surface area contributed by atoms with Gasteiger partial charge in [-0.25, -0.2) is 4.79 Å². The molecule has 1 aromatic carbocycles. The van der Waals surface area contributed by atoms with E-state index in [-0.39, 0.29) is 22.8 Å². The number of aryl methyl sites for hydroxylation is 1. The van der Waals surface area contributed by atoms with Crippen LogP contribution >= 0.6 is 0 Å². The van der Waals surface area contributed by atoms with Crippen LogP contribution in [0, 0.1) is 18.8 Å². The fraction of sp³-hybridized carbons (Fsp3) is 0.632. The largest absolute Gasteiger partial charge is 0.444 e. The molecule has 144 valence electrons. The molecule has 6 nitrogen and oxygen atoms in total. The van der Waals surface area contributed by atoms with Crippen molar-refractivity contribution in [2.75, 3.05) is 13.1 Å². The summed E-state index contributed by atoms with van der Waals surface area (Å²) in [6.45, 7) is 8.49. The first kappa shape index (κ1) is 19.2. The third kappa shape index (κ3) is 4.20. The predicted octanol–water partition coefficient (Wildman–Crippen LogP) is 3.35. The maximum absolute atomic E-state index is 12.6. The second kappa shape index (κ2) is 6.85. The summed E-state index contributed by atoms with van der Waals surface area (Å²) in [5, 5.41) is 0. The summed E-state index contributed by atoms with van der Waals surface area (Å²) in [5.74, 6) is 0.295. The summed E-state index contributed by atoms with van der Waals surface area (Å²) in [5.41, 5.74) is 0.452. The van der Waals surface area contributed by atoms with Crippen molar-refractivity contribution in [2.24, 2.45) is 11.8 Å². The Kier molecular flexibility index (Phi) is 5.05. The Balaban J connectivity index is 1.66. The van der Waals surface area contributed by atoms with Crippen molar-refractivity contribution in [1.29, 1.82) is 0 Å². The van der Waals surface area contributed by atoms with Gasteiger partial charge >= 0.3 is 6.09 Å². The second-order valence-corrected chi connectivity index (χ2v) is 9.86. The van der Waals surface area contributed by atoms with Gasteiger partial charge in [-0.3, -0.25) is 4.18 Å². The third-order valence-electron chi connectivity index (χ3n) is 5.00. The fourth-order valence-electron chi connectivity index (χ4n) is 3.73. The van der Waals surface area contributed by atoms with Crippen LogP contribution in [0.15, 0.2) is 29.2 Å². The second-order valence-electron chi connectivity index (χ2n) is 8.29. The van der Waals surface area contributed by atoms with Crippen molar-refractivity contribution in [1.82, 2.24) is 4.90 Å². The lowest BCUT2D eigenvalue weighted by Crippen LogP contribution is -2.37. The smallest absolute Gasteiger partial charge is 0.410 e. The Morgan fingerprint density at radius 1 is 1.12 bits per heavy atom.